The lowest BCUT2D eigenvalue weighted by molar-refractivity contribution is -0.386. The van der Waals surface area contributed by atoms with Gasteiger partial charge in [-0.25, -0.2) is 18.4 Å². The molecular weight excluding hydrogens is 492 g/mol. The van der Waals surface area contributed by atoms with Gasteiger partial charge in [0.25, 0.3) is 0 Å². The monoisotopic (exact) mass is 530 g/mol. The zero-order chi connectivity index (χ0) is 27.1. The number of hydrogen-bond acceptors (Lipinski definition) is 9. The molecule has 2 fully saturated rings. The molecule has 0 radical (unpaired) electrons. The van der Waals surface area contributed by atoms with Crippen molar-refractivity contribution in [1.82, 2.24) is 5.32 Å². The van der Waals surface area contributed by atoms with Gasteiger partial charge in [0.1, 0.15) is 5.60 Å². The van der Waals surface area contributed by atoms with Gasteiger partial charge in [-0.2, -0.15) is 0 Å². The Morgan fingerprint density at radius 3 is 2.19 bits per heavy atom. The first-order valence-corrected chi connectivity index (χ1v) is 13.6. The number of benzene rings is 1. The molecule has 0 aliphatic heterocycles. The number of sulfonamides is 1. The minimum atomic E-state index is -3.99. The summed E-state index contributed by atoms with van der Waals surface area (Å²) >= 11 is 0. The summed E-state index contributed by atoms with van der Waals surface area (Å²) < 4.78 is 33.3. The summed E-state index contributed by atoms with van der Waals surface area (Å²) in [4.78, 5) is 21.5. The van der Waals surface area contributed by atoms with Crippen molar-refractivity contribution in [3.63, 3.8) is 0 Å². The van der Waals surface area contributed by atoms with Crippen LogP contribution in [-0.4, -0.2) is 54.4 Å². The van der Waals surface area contributed by atoms with E-state index in [2.05, 4.69) is 5.32 Å². The van der Waals surface area contributed by atoms with Crippen LogP contribution in [0.15, 0.2) is 23.1 Å². The maximum atomic E-state index is 11.4. The Labute approximate surface area is 211 Å². The lowest BCUT2D eigenvalue weighted by Gasteiger charge is -2.27. The molecule has 0 saturated heterocycles. The van der Waals surface area contributed by atoms with Crippen molar-refractivity contribution in [2.24, 2.45) is 10.9 Å². The Morgan fingerprint density at radius 1 is 1.11 bits per heavy atom. The van der Waals surface area contributed by atoms with Gasteiger partial charge in [0, 0.05) is 18.2 Å². The number of amides is 1. The molecule has 1 aromatic carbocycles. The van der Waals surface area contributed by atoms with Gasteiger partial charge in [-0.05, 0) is 84.3 Å². The van der Waals surface area contributed by atoms with Crippen LogP contribution >= 0.6 is 0 Å². The van der Waals surface area contributed by atoms with Gasteiger partial charge < -0.3 is 25.6 Å². The fourth-order valence-electron chi connectivity index (χ4n) is 4.00. The molecule has 12 nitrogen and oxygen atoms in total. The molecule has 0 aromatic heterocycles. The number of carbonyl (C=O) groups is 1. The van der Waals surface area contributed by atoms with Crippen LogP contribution in [0.3, 0.4) is 0 Å². The Morgan fingerprint density at radius 2 is 1.69 bits per heavy atom. The van der Waals surface area contributed by atoms with Crippen LogP contribution in [0.25, 0.3) is 0 Å². The third-order valence-electron chi connectivity index (χ3n) is 5.89. The van der Waals surface area contributed by atoms with E-state index >= 15 is 0 Å². The second kappa shape index (κ2) is 12.7. The number of nitro benzene ring substituents is 1. The highest BCUT2D eigenvalue weighted by atomic mass is 32.2. The number of nitrogens with one attached hydrogen (secondary N) is 1. The number of alkyl carbamates (subject to hydrolysis) is 1. The summed E-state index contributed by atoms with van der Waals surface area (Å²) in [7, 11) is -3.99. The Balaban J connectivity index is 0.000000269. The van der Waals surface area contributed by atoms with Crippen molar-refractivity contribution in [1.29, 1.82) is 0 Å². The Kier molecular flexibility index (Phi) is 10.5. The molecule has 0 atom stereocenters. The zero-order valence-corrected chi connectivity index (χ0v) is 21.8. The predicted octanol–water partition coefficient (Wildman–Crippen LogP) is 2.71. The van der Waals surface area contributed by atoms with Crippen LogP contribution in [0, 0.1) is 10.1 Å². The van der Waals surface area contributed by atoms with Crippen molar-refractivity contribution in [3.8, 4) is 5.75 Å². The number of nitrogens with two attached hydrogens (primary N) is 2. The number of primary sulfonamides is 1. The second-order valence-electron chi connectivity index (χ2n) is 10.2. The maximum Gasteiger partial charge on any atom is 0.407 e. The molecule has 3 rings (SSSR count). The summed E-state index contributed by atoms with van der Waals surface area (Å²) in [6, 6.07) is 3.69. The van der Waals surface area contributed by atoms with Crippen LogP contribution in [-0.2, 0) is 14.8 Å². The highest BCUT2D eigenvalue weighted by Gasteiger charge is 2.26. The Bertz CT molecular complexity index is 996. The van der Waals surface area contributed by atoms with Crippen molar-refractivity contribution < 1.29 is 32.7 Å². The molecule has 6 N–H and O–H groups in total. The highest BCUT2D eigenvalue weighted by molar-refractivity contribution is 7.89. The molecule has 204 valence electrons. The van der Waals surface area contributed by atoms with Crippen LogP contribution < -0.4 is 20.9 Å². The standard InChI is InChI=1S/C12H17N3O5S.C11H21NO3/c13-8-1-3-9(4-2-8)20-12-6-5-10(21(14,18)19)7-11(12)15(16)17;1-11(2,3)15-10(14)12-8-4-6-9(13)7-5-8/h5-9H,1-4,13H2,(H2,14,18,19);8-9,13H,4-7H2,1-3H3,(H,12,14). The first kappa shape index (κ1) is 29.7. The molecule has 0 heterocycles. The largest absolute Gasteiger partial charge is 0.484 e. The number of ether oxygens (including phenoxy) is 2. The summed E-state index contributed by atoms with van der Waals surface area (Å²) in [6.07, 6.45) is 5.53. The molecule has 36 heavy (non-hydrogen) atoms. The number of nitro groups is 1. The average molecular weight is 531 g/mol. The number of aliphatic hydroxyl groups excluding tert-OH is 1. The topological polar surface area (TPSA) is 197 Å². The average Bonchev–Trinajstić information content (AvgIpc) is 2.75. The molecule has 2 aliphatic rings. The van der Waals surface area contributed by atoms with E-state index in [9.17, 15) is 28.4 Å². The van der Waals surface area contributed by atoms with Crippen LogP contribution in [0.5, 0.6) is 5.75 Å². The minimum absolute atomic E-state index is 0.0490. The van der Waals surface area contributed by atoms with Gasteiger partial charge >= 0.3 is 11.8 Å². The molecule has 1 amide bonds. The molecule has 13 heteroatoms. The predicted molar refractivity (Wildman–Crippen MR) is 133 cm³/mol. The molecule has 0 spiro atoms. The number of hydrogen-bond donors (Lipinski definition) is 4. The van der Waals surface area contributed by atoms with Crippen LogP contribution in [0.2, 0.25) is 0 Å². The van der Waals surface area contributed by atoms with Gasteiger partial charge in [0.15, 0.2) is 5.75 Å². The van der Waals surface area contributed by atoms with Crippen molar-refractivity contribution in [2.45, 2.75) is 107 Å². The van der Waals surface area contributed by atoms with Crippen molar-refractivity contribution >= 4 is 21.8 Å². The molecule has 0 unspecified atom stereocenters. The maximum absolute atomic E-state index is 11.4. The molecule has 0 bridgehead atoms. The minimum Gasteiger partial charge on any atom is -0.484 e. The normalized spacial score (nSPS) is 24.6. The molecule has 1 aromatic rings. The van der Waals surface area contributed by atoms with Gasteiger partial charge in [-0.3, -0.25) is 10.1 Å². The first-order chi connectivity index (χ1) is 16.6. The van der Waals surface area contributed by atoms with Gasteiger partial charge in [-0.15, -0.1) is 0 Å². The lowest BCUT2D eigenvalue weighted by atomic mass is 9.93. The van der Waals surface area contributed by atoms with E-state index in [-0.39, 0.29) is 41.0 Å². The molecule has 2 aliphatic carbocycles. The van der Waals surface area contributed by atoms with Crippen molar-refractivity contribution in [2.75, 3.05) is 0 Å². The summed E-state index contributed by atoms with van der Waals surface area (Å²) in [5, 5.41) is 28.2. The van der Waals surface area contributed by atoms with Crippen LogP contribution in [0.1, 0.15) is 72.1 Å². The van der Waals surface area contributed by atoms with E-state index < -0.39 is 26.2 Å². The second-order valence-corrected chi connectivity index (χ2v) is 11.8. The quantitative estimate of drug-likeness (QED) is 0.326. The fraction of sp³-hybridized carbons (Fsp3) is 0.696. The van der Waals surface area contributed by atoms with E-state index in [1.165, 1.54) is 12.1 Å². The fourth-order valence-corrected chi connectivity index (χ4v) is 4.53. The van der Waals surface area contributed by atoms with Crippen molar-refractivity contribution in [3.05, 3.63) is 28.3 Å². The lowest BCUT2D eigenvalue weighted by Crippen LogP contribution is -2.41. The van der Waals surface area contributed by atoms with E-state index in [1.807, 2.05) is 20.8 Å². The highest BCUT2D eigenvalue weighted by Crippen LogP contribution is 2.32. The van der Waals surface area contributed by atoms with Gasteiger partial charge in [0.2, 0.25) is 10.0 Å². The number of rotatable bonds is 5. The van der Waals surface area contributed by atoms with E-state index in [0.717, 1.165) is 57.4 Å². The smallest absolute Gasteiger partial charge is 0.407 e. The van der Waals surface area contributed by atoms with Gasteiger partial charge in [0.05, 0.1) is 22.0 Å². The number of nitrogens with zero attached hydrogens (tertiary/aromatic N) is 1. The summed E-state index contributed by atoms with van der Waals surface area (Å²) in [5.74, 6) is 0.0490. The Hall–Kier alpha value is -2.48. The third-order valence-corrected chi connectivity index (χ3v) is 6.80. The van der Waals surface area contributed by atoms with E-state index in [4.69, 9.17) is 20.3 Å². The first-order valence-electron chi connectivity index (χ1n) is 12.0. The molecule has 2 saturated carbocycles. The number of aliphatic hydroxyl groups is 1. The van der Waals surface area contributed by atoms with E-state index in [1.54, 1.807) is 0 Å². The summed E-state index contributed by atoms with van der Waals surface area (Å²) in [5.41, 5.74) is 4.94. The SMILES string of the molecule is CC(C)(C)OC(=O)NC1CCC(O)CC1.NC1CCC(Oc2ccc(S(N)(=O)=O)cc2[N+](=O)[O-])CC1. The third kappa shape index (κ3) is 10.2. The zero-order valence-electron chi connectivity index (χ0n) is 21.0. The van der Waals surface area contributed by atoms with Crippen LogP contribution in [0.4, 0.5) is 10.5 Å². The van der Waals surface area contributed by atoms with Gasteiger partial charge in [-0.1, -0.05) is 0 Å². The number of carbonyl (C=O) groups excluding carboxylic acids is 1. The van der Waals surface area contributed by atoms with E-state index in [0.29, 0.717) is 0 Å². The summed E-state index contributed by atoms with van der Waals surface area (Å²) in [6.45, 7) is 5.53. The molecular formula is C23H38N4O8S.